The lowest BCUT2D eigenvalue weighted by atomic mass is 10.1. The molecule has 48 heavy (non-hydrogen) atoms. The van der Waals surface area contributed by atoms with Crippen LogP contribution in [0.25, 0.3) is 16.6 Å². The van der Waals surface area contributed by atoms with Crippen LogP contribution < -0.4 is 15.0 Å². The van der Waals surface area contributed by atoms with Gasteiger partial charge in [0.1, 0.15) is 11.5 Å². The van der Waals surface area contributed by atoms with E-state index in [2.05, 4.69) is 4.98 Å². The van der Waals surface area contributed by atoms with Gasteiger partial charge in [-0.15, -0.1) is 0 Å². The van der Waals surface area contributed by atoms with Gasteiger partial charge in [-0.2, -0.15) is 13.2 Å². The number of unbranched alkanes of at least 4 members (excludes halogenated alkanes) is 2. The minimum absolute atomic E-state index is 0.0271. The summed E-state index contributed by atoms with van der Waals surface area (Å²) in [5, 5.41) is 0.626. The summed E-state index contributed by atoms with van der Waals surface area (Å²) in [6.07, 6.45) is -2.08. The number of benzene rings is 3. The van der Waals surface area contributed by atoms with E-state index in [0.29, 0.717) is 77.8 Å². The number of amides is 2. The van der Waals surface area contributed by atoms with E-state index in [9.17, 15) is 27.6 Å². The topological polar surface area (TPSA) is 94.0 Å². The lowest BCUT2D eigenvalue weighted by Gasteiger charge is -2.40. The van der Waals surface area contributed by atoms with Crippen molar-refractivity contribution in [3.63, 3.8) is 0 Å². The number of thioether (sulfide) groups is 1. The van der Waals surface area contributed by atoms with Gasteiger partial charge < -0.3 is 19.3 Å². The van der Waals surface area contributed by atoms with Gasteiger partial charge in [0, 0.05) is 49.5 Å². The number of alkyl halides is 3. The molecule has 0 spiro atoms. The number of halogens is 3. The third-order valence-electron chi connectivity index (χ3n) is 8.28. The molecule has 0 bridgehead atoms. The predicted molar refractivity (Wildman–Crippen MR) is 178 cm³/mol. The number of hydrogen-bond donors (Lipinski definition) is 0. The average molecular weight is 683 g/mol. The fourth-order valence-corrected chi connectivity index (χ4v) is 6.73. The summed E-state index contributed by atoms with van der Waals surface area (Å²) in [5.74, 6) is 1.49. The van der Waals surface area contributed by atoms with Crippen LogP contribution in [-0.4, -0.2) is 76.8 Å². The number of piperazine rings is 1. The van der Waals surface area contributed by atoms with Crippen LogP contribution in [0.15, 0.2) is 76.7 Å². The Labute approximate surface area is 280 Å². The highest BCUT2D eigenvalue weighted by atomic mass is 32.2. The highest BCUT2D eigenvalue weighted by molar-refractivity contribution is 7.99. The highest BCUT2D eigenvalue weighted by Crippen LogP contribution is 2.31. The quantitative estimate of drug-likeness (QED) is 0.102. The van der Waals surface area contributed by atoms with Crippen LogP contribution in [-0.2, 0) is 11.0 Å². The second-order valence-corrected chi connectivity index (χ2v) is 12.6. The van der Waals surface area contributed by atoms with E-state index < -0.39 is 17.3 Å². The van der Waals surface area contributed by atoms with Crippen molar-refractivity contribution in [1.82, 2.24) is 19.4 Å². The Balaban J connectivity index is 1.15. The van der Waals surface area contributed by atoms with Crippen molar-refractivity contribution in [1.29, 1.82) is 0 Å². The summed E-state index contributed by atoms with van der Waals surface area (Å²) in [5.41, 5.74) is -0.257. The van der Waals surface area contributed by atoms with Gasteiger partial charge in [-0.1, -0.05) is 36.4 Å². The summed E-state index contributed by atoms with van der Waals surface area (Å²) in [6, 6.07) is 16.3. The zero-order valence-corrected chi connectivity index (χ0v) is 27.8. The number of rotatable bonds is 11. The molecule has 1 fully saturated rings. The molecule has 1 unspecified atom stereocenters. The minimum Gasteiger partial charge on any atom is -0.497 e. The van der Waals surface area contributed by atoms with E-state index in [1.54, 1.807) is 52.3 Å². The molecule has 5 rings (SSSR count). The van der Waals surface area contributed by atoms with Crippen LogP contribution in [0.5, 0.6) is 11.5 Å². The van der Waals surface area contributed by atoms with Gasteiger partial charge in [0.05, 0.1) is 36.4 Å². The normalized spacial score (nSPS) is 15.1. The van der Waals surface area contributed by atoms with Crippen molar-refractivity contribution in [3.05, 3.63) is 88.2 Å². The first-order valence-electron chi connectivity index (χ1n) is 15.6. The Morgan fingerprint density at radius 2 is 1.67 bits per heavy atom. The lowest BCUT2D eigenvalue weighted by Crippen LogP contribution is -2.55. The van der Waals surface area contributed by atoms with Crippen LogP contribution in [0, 0.1) is 0 Å². The summed E-state index contributed by atoms with van der Waals surface area (Å²) < 4.78 is 52.2. The highest BCUT2D eigenvalue weighted by Gasteiger charge is 2.32. The van der Waals surface area contributed by atoms with Gasteiger partial charge in [-0.05, 0) is 62.2 Å². The van der Waals surface area contributed by atoms with Crippen LogP contribution in [0.4, 0.5) is 13.2 Å². The molecule has 0 aliphatic carbocycles. The first-order chi connectivity index (χ1) is 23.0. The van der Waals surface area contributed by atoms with E-state index in [4.69, 9.17) is 9.47 Å². The molecule has 1 aliphatic rings. The van der Waals surface area contributed by atoms with Gasteiger partial charge in [0.15, 0.2) is 5.16 Å². The van der Waals surface area contributed by atoms with Crippen molar-refractivity contribution < 1.29 is 32.2 Å². The van der Waals surface area contributed by atoms with Gasteiger partial charge in [0.2, 0.25) is 5.91 Å². The molecular formula is C35H37F3N4O5S. The maximum atomic E-state index is 13.5. The van der Waals surface area contributed by atoms with E-state index >= 15 is 0 Å². The minimum atomic E-state index is -4.55. The standard InChI is InChI=1S/C35H37F3N4O5S/c1-23-22-40(15-16-41(23)32(44)24-18-27(46-2)21-28(19-24)47-3)31(43)14-5-4-8-17-48-34-39-30-13-7-6-12-29(30)33(45)42(34)26-11-9-10-25(20-26)35(36,37)38/h6-7,9-13,18-21,23H,4-5,8,14-17,22H2,1-3H3. The van der Waals surface area contributed by atoms with Gasteiger partial charge in [-0.25, -0.2) is 4.98 Å². The van der Waals surface area contributed by atoms with Crippen LogP contribution in [0.2, 0.25) is 0 Å². The SMILES string of the molecule is COc1cc(OC)cc(C(=O)N2CCN(C(=O)CCCCCSc3nc4ccccc4c(=O)n3-c3cccc(C(F)(F)F)c3)CC2C)c1. The number of methoxy groups -OCH3 is 2. The van der Waals surface area contributed by atoms with Gasteiger partial charge in [-0.3, -0.25) is 19.0 Å². The Hall–Kier alpha value is -4.52. The molecule has 3 aromatic carbocycles. The molecule has 9 nitrogen and oxygen atoms in total. The molecule has 0 radical (unpaired) electrons. The number of fused-ring (bicyclic) bond motifs is 1. The molecule has 1 aromatic heterocycles. The third kappa shape index (κ3) is 7.95. The summed E-state index contributed by atoms with van der Waals surface area (Å²) in [6.45, 7) is 3.20. The zero-order chi connectivity index (χ0) is 34.4. The van der Waals surface area contributed by atoms with E-state index in [1.165, 1.54) is 42.7 Å². The van der Waals surface area contributed by atoms with E-state index in [1.807, 2.05) is 6.92 Å². The van der Waals surface area contributed by atoms with Crippen molar-refractivity contribution in [2.24, 2.45) is 0 Å². The van der Waals surface area contributed by atoms with Crippen LogP contribution >= 0.6 is 11.8 Å². The molecule has 1 atom stereocenters. The number of carbonyl (C=O) groups excluding carboxylic acids is 2. The zero-order valence-electron chi connectivity index (χ0n) is 27.0. The lowest BCUT2D eigenvalue weighted by molar-refractivity contribution is -0.137. The predicted octanol–water partition coefficient (Wildman–Crippen LogP) is 6.45. The maximum Gasteiger partial charge on any atom is 0.416 e. The Kier molecular flexibility index (Phi) is 11.0. The Bertz CT molecular complexity index is 1830. The number of hydrogen-bond acceptors (Lipinski definition) is 7. The summed E-state index contributed by atoms with van der Waals surface area (Å²) in [4.78, 5) is 47.9. The van der Waals surface area contributed by atoms with E-state index in [0.717, 1.165) is 18.6 Å². The van der Waals surface area contributed by atoms with Crippen molar-refractivity contribution >= 4 is 34.5 Å². The smallest absolute Gasteiger partial charge is 0.416 e. The van der Waals surface area contributed by atoms with Crippen molar-refractivity contribution in [2.75, 3.05) is 39.6 Å². The van der Waals surface area contributed by atoms with Crippen molar-refractivity contribution in [3.8, 4) is 17.2 Å². The van der Waals surface area contributed by atoms with Crippen LogP contribution in [0.3, 0.4) is 0 Å². The number of ether oxygens (including phenoxy) is 2. The Morgan fingerprint density at radius 3 is 2.35 bits per heavy atom. The molecule has 0 saturated carbocycles. The molecule has 254 valence electrons. The number of nitrogens with zero attached hydrogens (tertiary/aromatic N) is 4. The van der Waals surface area contributed by atoms with Crippen LogP contribution in [0.1, 0.15) is 48.5 Å². The first-order valence-corrected chi connectivity index (χ1v) is 16.6. The summed E-state index contributed by atoms with van der Waals surface area (Å²) in [7, 11) is 3.06. The molecule has 1 aliphatic heterocycles. The largest absolute Gasteiger partial charge is 0.497 e. The maximum absolute atomic E-state index is 13.5. The van der Waals surface area contributed by atoms with Crippen molar-refractivity contribution in [2.45, 2.75) is 50.0 Å². The molecule has 1 saturated heterocycles. The molecule has 0 N–H and O–H groups in total. The molecule has 4 aromatic rings. The summed E-state index contributed by atoms with van der Waals surface area (Å²) >= 11 is 1.30. The third-order valence-corrected chi connectivity index (χ3v) is 9.31. The van der Waals surface area contributed by atoms with E-state index in [-0.39, 0.29) is 23.5 Å². The van der Waals surface area contributed by atoms with Gasteiger partial charge in [0.25, 0.3) is 11.5 Å². The average Bonchev–Trinajstić information content (AvgIpc) is 3.08. The number of para-hydroxylation sites is 1. The number of carbonyl (C=O) groups is 2. The van der Waals surface area contributed by atoms with Gasteiger partial charge >= 0.3 is 6.18 Å². The fraction of sp³-hybridized carbons (Fsp3) is 0.371. The Morgan fingerprint density at radius 1 is 0.938 bits per heavy atom. The molecular weight excluding hydrogens is 645 g/mol. The molecule has 2 amide bonds. The second kappa shape index (κ2) is 15.1. The molecule has 2 heterocycles. The monoisotopic (exact) mass is 682 g/mol. The number of aromatic nitrogens is 2. The first kappa shape index (κ1) is 34.8. The fourth-order valence-electron chi connectivity index (χ4n) is 5.72. The second-order valence-electron chi connectivity index (χ2n) is 11.5. The molecule has 13 heteroatoms.